The molecule has 10 heteroatoms. The van der Waals surface area contributed by atoms with Gasteiger partial charge in [-0.2, -0.15) is 0 Å². The molecule has 7 nitrogen and oxygen atoms in total. The van der Waals surface area contributed by atoms with Crippen LogP contribution in [-0.4, -0.2) is 43.2 Å². The summed E-state index contributed by atoms with van der Waals surface area (Å²) in [5, 5.41) is 14.1. The first-order valence-electron chi connectivity index (χ1n) is 12.7. The maximum Gasteiger partial charge on any atom is 0.222 e. The quantitative estimate of drug-likeness (QED) is 0.204. The van der Waals surface area contributed by atoms with Crippen molar-refractivity contribution in [1.82, 2.24) is 25.1 Å². The van der Waals surface area contributed by atoms with E-state index in [0.717, 1.165) is 44.5 Å². The van der Waals surface area contributed by atoms with E-state index in [1.54, 1.807) is 17.5 Å². The number of nitrogens with one attached hydrogen (secondary N) is 1. The highest BCUT2D eigenvalue weighted by Crippen LogP contribution is 2.39. The van der Waals surface area contributed by atoms with Crippen LogP contribution in [0.1, 0.15) is 56.9 Å². The lowest BCUT2D eigenvalue weighted by Gasteiger charge is -2.12. The van der Waals surface area contributed by atoms with Gasteiger partial charge in [-0.3, -0.25) is 19.3 Å². The molecule has 0 radical (unpaired) electrons. The first kappa shape index (κ1) is 28.0. The molecule has 40 heavy (non-hydrogen) atoms. The SMILES string of the molecule is Cc1sc2c(c1C)C(c1ccc(Cl)cc1)=N[C@@H](CC(=O)NCC=Cc1ccc(C#CCBr)cn1)c1nnc(C)n1-2. The van der Waals surface area contributed by atoms with E-state index >= 15 is 0 Å². The Kier molecular flexibility index (Phi) is 8.60. The Morgan fingerprint density at radius 2 is 1.98 bits per heavy atom. The van der Waals surface area contributed by atoms with Crippen molar-refractivity contribution < 1.29 is 4.79 Å². The van der Waals surface area contributed by atoms with Crippen molar-refractivity contribution in [2.45, 2.75) is 33.2 Å². The highest BCUT2D eigenvalue weighted by Gasteiger charge is 2.32. The van der Waals surface area contributed by atoms with E-state index < -0.39 is 6.04 Å². The minimum absolute atomic E-state index is 0.132. The fraction of sp³-hybridized carbons (Fsp3) is 0.233. The van der Waals surface area contributed by atoms with Crippen LogP contribution in [0.2, 0.25) is 5.02 Å². The van der Waals surface area contributed by atoms with Gasteiger partial charge in [-0.15, -0.1) is 21.5 Å². The van der Waals surface area contributed by atoms with Crippen molar-refractivity contribution in [2.24, 2.45) is 4.99 Å². The van der Waals surface area contributed by atoms with Gasteiger partial charge in [0.1, 0.15) is 16.9 Å². The number of carbonyl (C=O) groups excluding carboxylic acids is 1. The Labute approximate surface area is 250 Å². The Morgan fingerprint density at radius 3 is 2.70 bits per heavy atom. The van der Waals surface area contributed by atoms with E-state index in [-0.39, 0.29) is 12.3 Å². The van der Waals surface area contributed by atoms with Gasteiger partial charge in [0.25, 0.3) is 0 Å². The summed E-state index contributed by atoms with van der Waals surface area (Å²) in [6.07, 6.45) is 5.61. The highest BCUT2D eigenvalue weighted by molar-refractivity contribution is 9.09. The molecular formula is C30H26BrClN6OS. The van der Waals surface area contributed by atoms with Crippen molar-refractivity contribution in [3.8, 4) is 16.8 Å². The van der Waals surface area contributed by atoms with Crippen LogP contribution in [0.3, 0.4) is 0 Å². The zero-order valence-electron chi connectivity index (χ0n) is 22.2. The molecule has 1 aliphatic rings. The van der Waals surface area contributed by atoms with Crippen molar-refractivity contribution in [1.29, 1.82) is 0 Å². The van der Waals surface area contributed by atoms with Crippen molar-refractivity contribution >= 4 is 56.6 Å². The van der Waals surface area contributed by atoms with Gasteiger partial charge in [0.05, 0.1) is 23.2 Å². The minimum Gasteiger partial charge on any atom is -0.353 e. The molecule has 5 rings (SSSR count). The second-order valence-corrected chi connectivity index (χ2v) is 11.4. The zero-order valence-corrected chi connectivity index (χ0v) is 25.4. The minimum atomic E-state index is -0.509. The number of aliphatic imine (C=N–C) groups is 1. The number of carbonyl (C=O) groups is 1. The Balaban J connectivity index is 1.38. The smallest absolute Gasteiger partial charge is 0.222 e. The molecule has 4 heterocycles. The van der Waals surface area contributed by atoms with Crippen LogP contribution in [0.4, 0.5) is 0 Å². The van der Waals surface area contributed by atoms with Gasteiger partial charge in [-0.05, 0) is 56.7 Å². The van der Waals surface area contributed by atoms with E-state index in [0.29, 0.717) is 22.7 Å². The van der Waals surface area contributed by atoms with Crippen molar-refractivity contribution in [3.63, 3.8) is 0 Å². The fourth-order valence-corrected chi connectivity index (χ4v) is 5.93. The number of fused-ring (bicyclic) bond motifs is 3. The molecule has 1 N–H and O–H groups in total. The predicted octanol–water partition coefficient (Wildman–Crippen LogP) is 6.16. The molecule has 0 saturated heterocycles. The zero-order chi connectivity index (χ0) is 28.2. The molecule has 0 fully saturated rings. The average Bonchev–Trinajstić information content (AvgIpc) is 3.43. The normalized spacial score (nSPS) is 14.1. The number of hydrogen-bond acceptors (Lipinski definition) is 6. The highest BCUT2D eigenvalue weighted by atomic mass is 79.9. The third-order valence-corrected chi connectivity index (χ3v) is 8.25. The number of alkyl halides is 1. The summed E-state index contributed by atoms with van der Waals surface area (Å²) in [6.45, 7) is 6.50. The number of halogens is 2. The monoisotopic (exact) mass is 632 g/mol. The number of benzene rings is 1. The van der Waals surface area contributed by atoms with E-state index in [9.17, 15) is 4.79 Å². The summed E-state index contributed by atoms with van der Waals surface area (Å²) in [5.41, 5.74) is 5.60. The Morgan fingerprint density at radius 1 is 1.18 bits per heavy atom. The summed E-state index contributed by atoms with van der Waals surface area (Å²) >= 11 is 11.2. The molecule has 0 aliphatic carbocycles. The van der Waals surface area contributed by atoms with Crippen LogP contribution in [0.25, 0.3) is 11.1 Å². The number of rotatable bonds is 6. The van der Waals surface area contributed by atoms with Crippen molar-refractivity contribution in [3.05, 3.63) is 98.2 Å². The van der Waals surface area contributed by atoms with Gasteiger partial charge < -0.3 is 5.32 Å². The third-order valence-electron chi connectivity index (χ3n) is 6.53. The first-order valence-corrected chi connectivity index (χ1v) is 15.0. The predicted molar refractivity (Wildman–Crippen MR) is 165 cm³/mol. The summed E-state index contributed by atoms with van der Waals surface area (Å²) in [5.74, 6) is 7.25. The van der Waals surface area contributed by atoms with Crippen LogP contribution in [-0.2, 0) is 4.79 Å². The van der Waals surface area contributed by atoms with Gasteiger partial charge in [0.2, 0.25) is 5.91 Å². The number of amides is 1. The summed E-state index contributed by atoms with van der Waals surface area (Å²) in [4.78, 5) is 23.8. The molecule has 3 aromatic heterocycles. The fourth-order valence-electron chi connectivity index (χ4n) is 4.45. The van der Waals surface area contributed by atoms with Gasteiger partial charge in [0, 0.05) is 39.3 Å². The van der Waals surface area contributed by atoms with E-state index in [2.05, 4.69) is 62.1 Å². The molecule has 1 aromatic carbocycles. The Bertz CT molecular complexity index is 1680. The Hall–Kier alpha value is -3.58. The van der Waals surface area contributed by atoms with Crippen LogP contribution in [0.5, 0.6) is 0 Å². The van der Waals surface area contributed by atoms with Crippen LogP contribution >= 0.6 is 38.9 Å². The second-order valence-electron chi connectivity index (χ2n) is 9.22. The number of pyridine rings is 1. The van der Waals surface area contributed by atoms with E-state index in [4.69, 9.17) is 16.6 Å². The molecule has 0 unspecified atom stereocenters. The standard InChI is InChI=1S/C30H26BrClN6OS/c1-18-19(2)40-30-27(18)28(22-9-11-23(32)12-10-22)35-25(29-37-36-20(3)38(29)30)16-26(39)33-15-5-7-24-13-8-21(17-34-24)6-4-14-31/h5,7-13,17,25H,14-16H2,1-3H3,(H,33,39)/t25-/m0/s1. The topological polar surface area (TPSA) is 85.1 Å². The first-order chi connectivity index (χ1) is 19.4. The van der Waals surface area contributed by atoms with Gasteiger partial charge in [-0.1, -0.05) is 57.6 Å². The maximum atomic E-state index is 13.1. The number of nitrogens with zero attached hydrogens (tertiary/aromatic N) is 5. The lowest BCUT2D eigenvalue weighted by atomic mass is 9.99. The van der Waals surface area contributed by atoms with Gasteiger partial charge in [0.15, 0.2) is 5.82 Å². The maximum absolute atomic E-state index is 13.1. The lowest BCUT2D eigenvalue weighted by molar-refractivity contribution is -0.121. The van der Waals surface area contributed by atoms with E-state index in [1.807, 2.05) is 60.0 Å². The lowest BCUT2D eigenvalue weighted by Crippen LogP contribution is -2.25. The number of aryl methyl sites for hydroxylation is 2. The van der Waals surface area contributed by atoms with Crippen LogP contribution in [0.15, 0.2) is 53.7 Å². The molecule has 202 valence electrons. The molecule has 4 aromatic rings. The molecule has 0 bridgehead atoms. The molecular weight excluding hydrogens is 608 g/mol. The second kappa shape index (κ2) is 12.3. The van der Waals surface area contributed by atoms with Gasteiger partial charge in [-0.25, -0.2) is 0 Å². The number of aromatic nitrogens is 4. The molecule has 0 spiro atoms. The molecule has 1 atom stereocenters. The molecule has 1 aliphatic heterocycles. The molecule has 0 saturated carbocycles. The number of thiophene rings is 1. The van der Waals surface area contributed by atoms with E-state index in [1.165, 1.54) is 4.88 Å². The largest absolute Gasteiger partial charge is 0.353 e. The van der Waals surface area contributed by atoms with Crippen LogP contribution < -0.4 is 5.32 Å². The van der Waals surface area contributed by atoms with Crippen LogP contribution in [0, 0.1) is 32.6 Å². The molecule has 1 amide bonds. The number of hydrogen-bond donors (Lipinski definition) is 1. The summed E-state index contributed by atoms with van der Waals surface area (Å²) in [6, 6.07) is 11.0. The summed E-state index contributed by atoms with van der Waals surface area (Å²) < 4.78 is 2.04. The third kappa shape index (κ3) is 5.94. The van der Waals surface area contributed by atoms with Crippen molar-refractivity contribution in [2.75, 3.05) is 11.9 Å². The van der Waals surface area contributed by atoms with Gasteiger partial charge >= 0.3 is 0 Å². The summed E-state index contributed by atoms with van der Waals surface area (Å²) in [7, 11) is 0. The average molecular weight is 634 g/mol.